The van der Waals surface area contributed by atoms with Crippen LogP contribution in [0.15, 0.2) is 0 Å². The highest BCUT2D eigenvalue weighted by Crippen LogP contribution is 2.12. The summed E-state index contributed by atoms with van der Waals surface area (Å²) in [6, 6.07) is 0.558. The number of ether oxygens (including phenoxy) is 2. The summed E-state index contributed by atoms with van der Waals surface area (Å²) in [6.45, 7) is 3.97. The lowest BCUT2D eigenvalue weighted by Gasteiger charge is -2.21. The first-order chi connectivity index (χ1) is 5.24. The fourth-order valence-electron chi connectivity index (χ4n) is 1.24. The Balaban J connectivity index is 2.41. The molecule has 0 aromatic carbocycles. The molecule has 11 heavy (non-hydrogen) atoms. The fourth-order valence-corrected chi connectivity index (χ4v) is 1.24. The molecule has 1 heterocycles. The van der Waals surface area contributed by atoms with Crippen molar-refractivity contribution in [2.24, 2.45) is 0 Å². The number of rotatable bonds is 1. The van der Waals surface area contributed by atoms with Gasteiger partial charge in [0.05, 0.1) is 6.61 Å². The lowest BCUT2D eigenvalue weighted by molar-refractivity contribution is -0.120. The quantitative estimate of drug-likeness (QED) is 0.562. The van der Waals surface area contributed by atoms with E-state index in [0.29, 0.717) is 6.04 Å². The second-order valence-corrected chi connectivity index (χ2v) is 3.10. The van der Waals surface area contributed by atoms with E-state index in [9.17, 15) is 0 Å². The molecule has 3 heteroatoms. The zero-order valence-electron chi connectivity index (χ0n) is 7.54. The van der Waals surface area contributed by atoms with E-state index in [2.05, 4.69) is 18.9 Å². The Labute approximate surface area is 68.3 Å². The monoisotopic (exact) mass is 159 g/mol. The molecule has 0 aromatic rings. The molecule has 0 N–H and O–H groups in total. The third-order valence-electron chi connectivity index (χ3n) is 2.30. The summed E-state index contributed by atoms with van der Waals surface area (Å²) in [7, 11) is 3.81. The molecule has 0 radical (unpaired) electrons. The van der Waals surface area contributed by atoms with Gasteiger partial charge in [-0.15, -0.1) is 0 Å². The molecule has 0 spiro atoms. The van der Waals surface area contributed by atoms with Crippen LogP contribution in [0.1, 0.15) is 13.3 Å². The minimum atomic E-state index is -0.00468. The third kappa shape index (κ3) is 2.43. The Bertz CT molecular complexity index is 119. The first-order valence-corrected chi connectivity index (χ1v) is 4.08. The molecule has 0 bridgehead atoms. The summed E-state index contributed by atoms with van der Waals surface area (Å²) >= 11 is 0. The maximum atomic E-state index is 5.43. The van der Waals surface area contributed by atoms with Crippen LogP contribution in [0.4, 0.5) is 0 Å². The summed E-state index contributed by atoms with van der Waals surface area (Å²) in [5.74, 6) is 0. The zero-order valence-corrected chi connectivity index (χ0v) is 7.54. The van der Waals surface area contributed by atoms with E-state index in [1.807, 2.05) is 0 Å². The standard InChI is InChI=1S/C8H17NO2/c1-7-6-8(10-3)11-5-4-9(7)2/h7-8H,4-6H2,1-3H3. The van der Waals surface area contributed by atoms with E-state index in [1.165, 1.54) is 0 Å². The second kappa shape index (κ2) is 4.04. The first-order valence-electron chi connectivity index (χ1n) is 4.08. The predicted octanol–water partition coefficient (Wildman–Crippen LogP) is 0.700. The van der Waals surface area contributed by atoms with E-state index in [1.54, 1.807) is 7.11 Å². The molecule has 0 amide bonds. The van der Waals surface area contributed by atoms with Crippen molar-refractivity contribution in [3.63, 3.8) is 0 Å². The van der Waals surface area contributed by atoms with Gasteiger partial charge in [-0.05, 0) is 14.0 Å². The summed E-state index contributed by atoms with van der Waals surface area (Å²) in [5.41, 5.74) is 0. The summed E-state index contributed by atoms with van der Waals surface area (Å²) in [5, 5.41) is 0. The number of methoxy groups -OCH3 is 1. The van der Waals surface area contributed by atoms with Crippen molar-refractivity contribution < 1.29 is 9.47 Å². The highest BCUT2D eigenvalue weighted by atomic mass is 16.7. The molecule has 0 aliphatic carbocycles. The van der Waals surface area contributed by atoms with E-state index in [4.69, 9.17) is 9.47 Å². The van der Waals surface area contributed by atoms with Crippen LogP contribution in [-0.2, 0) is 9.47 Å². The van der Waals surface area contributed by atoms with Gasteiger partial charge in [0, 0.05) is 26.1 Å². The van der Waals surface area contributed by atoms with Gasteiger partial charge in [-0.3, -0.25) is 0 Å². The van der Waals surface area contributed by atoms with Crippen LogP contribution in [0.3, 0.4) is 0 Å². The van der Waals surface area contributed by atoms with Crippen LogP contribution < -0.4 is 0 Å². The van der Waals surface area contributed by atoms with E-state index in [-0.39, 0.29) is 6.29 Å². The van der Waals surface area contributed by atoms with Crippen LogP contribution in [0, 0.1) is 0 Å². The van der Waals surface area contributed by atoms with Crippen molar-refractivity contribution in [3.05, 3.63) is 0 Å². The summed E-state index contributed by atoms with van der Waals surface area (Å²) in [4.78, 5) is 2.29. The molecule has 0 saturated carbocycles. The Morgan fingerprint density at radius 1 is 1.55 bits per heavy atom. The van der Waals surface area contributed by atoms with Gasteiger partial charge in [0.1, 0.15) is 0 Å². The van der Waals surface area contributed by atoms with Crippen LogP contribution in [0.2, 0.25) is 0 Å². The van der Waals surface area contributed by atoms with Crippen LogP contribution in [0.5, 0.6) is 0 Å². The van der Waals surface area contributed by atoms with Gasteiger partial charge in [-0.1, -0.05) is 0 Å². The number of hydrogen-bond acceptors (Lipinski definition) is 3. The minimum Gasteiger partial charge on any atom is -0.356 e. The van der Waals surface area contributed by atoms with Gasteiger partial charge in [0.25, 0.3) is 0 Å². The minimum absolute atomic E-state index is 0.00468. The van der Waals surface area contributed by atoms with Crippen molar-refractivity contribution in [2.75, 3.05) is 27.3 Å². The average molecular weight is 159 g/mol. The molecule has 1 aliphatic rings. The van der Waals surface area contributed by atoms with Crippen LogP contribution >= 0.6 is 0 Å². The van der Waals surface area contributed by atoms with Gasteiger partial charge < -0.3 is 14.4 Å². The number of likely N-dealkylation sites (N-methyl/N-ethyl adjacent to an activating group) is 1. The van der Waals surface area contributed by atoms with Gasteiger partial charge in [-0.2, -0.15) is 0 Å². The summed E-state index contributed by atoms with van der Waals surface area (Å²) < 4.78 is 10.6. The second-order valence-electron chi connectivity index (χ2n) is 3.10. The number of hydrogen-bond donors (Lipinski definition) is 0. The molecule has 0 aromatic heterocycles. The van der Waals surface area contributed by atoms with Gasteiger partial charge in [-0.25, -0.2) is 0 Å². The van der Waals surface area contributed by atoms with Crippen molar-refractivity contribution in [3.8, 4) is 0 Å². The lowest BCUT2D eigenvalue weighted by atomic mass is 10.2. The average Bonchev–Trinajstić information content (AvgIpc) is 2.15. The molecule has 2 unspecified atom stereocenters. The van der Waals surface area contributed by atoms with Crippen molar-refractivity contribution in [2.45, 2.75) is 25.7 Å². The van der Waals surface area contributed by atoms with E-state index < -0.39 is 0 Å². The molecular formula is C8H17NO2. The lowest BCUT2D eigenvalue weighted by Crippen LogP contribution is -2.30. The fraction of sp³-hybridized carbons (Fsp3) is 1.00. The molecule has 3 nitrogen and oxygen atoms in total. The highest BCUT2D eigenvalue weighted by Gasteiger charge is 2.20. The maximum Gasteiger partial charge on any atom is 0.158 e. The first kappa shape index (κ1) is 8.97. The zero-order chi connectivity index (χ0) is 8.27. The smallest absolute Gasteiger partial charge is 0.158 e. The van der Waals surface area contributed by atoms with Gasteiger partial charge in [0.15, 0.2) is 6.29 Å². The predicted molar refractivity (Wildman–Crippen MR) is 43.5 cm³/mol. The van der Waals surface area contributed by atoms with Crippen molar-refractivity contribution in [1.29, 1.82) is 0 Å². The molecule has 1 aliphatic heterocycles. The third-order valence-corrected chi connectivity index (χ3v) is 2.30. The Hall–Kier alpha value is -0.120. The Morgan fingerprint density at radius 3 is 2.91 bits per heavy atom. The molecular weight excluding hydrogens is 142 g/mol. The van der Waals surface area contributed by atoms with E-state index in [0.717, 1.165) is 19.6 Å². The number of nitrogens with zero attached hydrogens (tertiary/aromatic N) is 1. The summed E-state index contributed by atoms with van der Waals surface area (Å²) in [6.07, 6.45) is 0.961. The van der Waals surface area contributed by atoms with Crippen LogP contribution in [-0.4, -0.2) is 44.5 Å². The van der Waals surface area contributed by atoms with Gasteiger partial charge >= 0.3 is 0 Å². The van der Waals surface area contributed by atoms with Crippen molar-refractivity contribution in [1.82, 2.24) is 4.90 Å². The van der Waals surface area contributed by atoms with E-state index >= 15 is 0 Å². The molecule has 2 atom stereocenters. The Morgan fingerprint density at radius 2 is 2.27 bits per heavy atom. The molecule has 1 fully saturated rings. The molecule has 1 rings (SSSR count). The maximum absolute atomic E-state index is 5.43. The Kier molecular flexibility index (Phi) is 3.30. The van der Waals surface area contributed by atoms with Crippen molar-refractivity contribution >= 4 is 0 Å². The largest absolute Gasteiger partial charge is 0.356 e. The topological polar surface area (TPSA) is 21.7 Å². The normalized spacial score (nSPS) is 35.2. The highest BCUT2D eigenvalue weighted by molar-refractivity contribution is 4.68. The van der Waals surface area contributed by atoms with Gasteiger partial charge in [0.2, 0.25) is 0 Å². The molecule has 1 saturated heterocycles. The molecule has 66 valence electrons. The SMILES string of the molecule is COC1CC(C)N(C)CCO1. The van der Waals surface area contributed by atoms with Crippen LogP contribution in [0.25, 0.3) is 0 Å².